The molecule has 2 aliphatic carbocycles. The second-order valence-electron chi connectivity index (χ2n) is 17.0. The van der Waals surface area contributed by atoms with Crippen LogP contribution in [0.25, 0.3) is 16.6 Å². The number of carbonyl (C=O) groups excluding carboxylic acids is 3. The highest BCUT2D eigenvalue weighted by Gasteiger charge is 2.40. The number of hydrogen-bond donors (Lipinski definition) is 3. The average molecular weight is 808 g/mol. The maximum atomic E-state index is 13.7. The minimum atomic E-state index is -1.05. The van der Waals surface area contributed by atoms with Crippen molar-refractivity contribution in [2.75, 3.05) is 36.4 Å². The van der Waals surface area contributed by atoms with E-state index in [2.05, 4.69) is 26.7 Å². The van der Waals surface area contributed by atoms with Crippen LogP contribution in [0.4, 0.5) is 20.7 Å². The maximum Gasteiger partial charge on any atom is 0.329 e. The number of carbonyl (C=O) groups is 3. The van der Waals surface area contributed by atoms with Crippen LogP contribution in [0, 0.1) is 5.92 Å². The van der Waals surface area contributed by atoms with E-state index in [1.54, 1.807) is 29.2 Å². The Hall–Kier alpha value is -5.61. The summed E-state index contributed by atoms with van der Waals surface area (Å²) < 4.78 is 24.7. The molecule has 3 N–H and O–H groups in total. The zero-order valence-corrected chi connectivity index (χ0v) is 33.5. The molecule has 4 atom stereocenters. The standard InChI is InChI=1S/C43H50FN9O6/c1-24(2)59-37-19-38-45-33(22-51(38)21-30(37)41(56)46-32-5-4-14-52(42(32)57)35-18-31(35)44)26-8-6-25(7-9-26)20-50-15-12-28(36(54)23-50)27-10-11-29-34(17-27)49(3)48-40(29)53-16-13-39(55)47-43(53)58/h4-5,10-11,14,17,19,21-22,24-26,28,31,35-36,54H,6-9,12-13,15-16,18,20,23H2,1-3H3,(H,46,56)(H,47,55,58)/t25-,26-,28-,31-,35+,36-/m1/s1. The summed E-state index contributed by atoms with van der Waals surface area (Å²) in [5, 5.41) is 22.0. The highest BCUT2D eigenvalue weighted by Crippen LogP contribution is 2.39. The van der Waals surface area contributed by atoms with E-state index in [1.165, 1.54) is 15.5 Å². The Labute approximate surface area is 340 Å². The molecule has 59 heavy (non-hydrogen) atoms. The van der Waals surface area contributed by atoms with Crippen molar-refractivity contribution >= 4 is 45.9 Å². The lowest BCUT2D eigenvalue weighted by atomic mass is 9.80. The van der Waals surface area contributed by atoms with Crippen molar-refractivity contribution in [1.82, 2.24) is 33.9 Å². The number of fused-ring (bicyclic) bond motifs is 2. The fraction of sp³-hybridized carbons (Fsp3) is 0.488. The molecule has 4 aromatic heterocycles. The summed E-state index contributed by atoms with van der Waals surface area (Å²) >= 11 is 0. The zero-order chi connectivity index (χ0) is 41.1. The zero-order valence-electron chi connectivity index (χ0n) is 33.5. The number of urea groups is 1. The fourth-order valence-corrected chi connectivity index (χ4v) is 9.26. The normalized spacial score (nSPS) is 25.2. The second-order valence-corrected chi connectivity index (χ2v) is 17.0. The number of rotatable bonds is 10. The smallest absolute Gasteiger partial charge is 0.329 e. The van der Waals surface area contributed by atoms with Crippen LogP contribution in [0.2, 0.25) is 0 Å². The number of alkyl halides is 1. The molecular weight excluding hydrogens is 758 g/mol. The third kappa shape index (κ3) is 7.71. The van der Waals surface area contributed by atoms with E-state index >= 15 is 0 Å². The van der Waals surface area contributed by atoms with E-state index in [0.29, 0.717) is 36.1 Å². The van der Waals surface area contributed by atoms with Crippen LogP contribution in [0.5, 0.6) is 5.75 Å². The topological polar surface area (TPSA) is 168 Å². The molecule has 2 aliphatic heterocycles. The molecule has 0 radical (unpaired) electrons. The number of nitrogens with zero attached hydrogens (tertiary/aromatic N) is 7. The molecule has 4 aliphatic rings. The van der Waals surface area contributed by atoms with Crippen molar-refractivity contribution in [1.29, 1.82) is 0 Å². The molecule has 0 spiro atoms. The van der Waals surface area contributed by atoms with Gasteiger partial charge in [0.2, 0.25) is 5.91 Å². The first-order chi connectivity index (χ1) is 28.4. The van der Waals surface area contributed by atoms with Crippen molar-refractivity contribution in [3.05, 3.63) is 82.2 Å². The number of aryl methyl sites for hydroxylation is 1. The van der Waals surface area contributed by atoms with Crippen LogP contribution in [0.15, 0.2) is 59.8 Å². The first-order valence-corrected chi connectivity index (χ1v) is 20.7. The Balaban J connectivity index is 0.820. The van der Waals surface area contributed by atoms with Crippen LogP contribution in [-0.4, -0.2) is 96.1 Å². The predicted molar refractivity (Wildman–Crippen MR) is 219 cm³/mol. The first-order valence-electron chi connectivity index (χ1n) is 20.7. The molecule has 6 heterocycles. The molecule has 0 bridgehead atoms. The highest BCUT2D eigenvalue weighted by atomic mass is 19.1. The minimum Gasteiger partial charge on any atom is -0.490 e. The van der Waals surface area contributed by atoms with Crippen molar-refractivity contribution in [2.24, 2.45) is 13.0 Å². The number of β-amino-alcohol motifs (C(OH)–C–C–N with tert-alkyl or cyclic N) is 1. The van der Waals surface area contributed by atoms with Gasteiger partial charge in [0.25, 0.3) is 11.5 Å². The lowest BCUT2D eigenvalue weighted by Gasteiger charge is -2.39. The van der Waals surface area contributed by atoms with Crippen LogP contribution < -0.4 is 25.8 Å². The first kappa shape index (κ1) is 38.9. The van der Waals surface area contributed by atoms with Gasteiger partial charge in [-0.05, 0) is 88.2 Å². The number of ether oxygens (including phenoxy) is 1. The number of anilines is 2. The largest absolute Gasteiger partial charge is 0.490 e. The van der Waals surface area contributed by atoms with Gasteiger partial charge in [0.15, 0.2) is 5.82 Å². The number of nitrogens with one attached hydrogen (secondary N) is 2. The summed E-state index contributed by atoms with van der Waals surface area (Å²) in [6.07, 6.45) is 8.87. The Kier molecular flexibility index (Phi) is 10.2. The van der Waals surface area contributed by atoms with E-state index < -0.39 is 35.8 Å². The molecule has 2 saturated carbocycles. The Morgan fingerprint density at radius 3 is 2.59 bits per heavy atom. The van der Waals surface area contributed by atoms with Gasteiger partial charge in [-0.15, -0.1) is 0 Å². The summed E-state index contributed by atoms with van der Waals surface area (Å²) in [4.78, 5) is 59.7. The lowest BCUT2D eigenvalue weighted by Crippen LogP contribution is -2.49. The summed E-state index contributed by atoms with van der Waals surface area (Å²) in [7, 11) is 1.84. The van der Waals surface area contributed by atoms with Crippen LogP contribution in [0.3, 0.4) is 0 Å². The van der Waals surface area contributed by atoms with Gasteiger partial charge in [-0.25, -0.2) is 14.2 Å². The van der Waals surface area contributed by atoms with Gasteiger partial charge in [0, 0.05) is 81.4 Å². The third-order valence-corrected chi connectivity index (χ3v) is 12.5. The van der Waals surface area contributed by atoms with Gasteiger partial charge in [0.1, 0.15) is 23.3 Å². The van der Waals surface area contributed by atoms with E-state index in [-0.39, 0.29) is 48.1 Å². The van der Waals surface area contributed by atoms with Crippen LogP contribution in [0.1, 0.15) is 98.3 Å². The predicted octanol–water partition coefficient (Wildman–Crippen LogP) is 5.28. The van der Waals surface area contributed by atoms with Gasteiger partial charge in [-0.2, -0.15) is 5.10 Å². The summed E-state index contributed by atoms with van der Waals surface area (Å²) in [6, 6.07) is 10.0. The highest BCUT2D eigenvalue weighted by molar-refractivity contribution is 6.09. The van der Waals surface area contributed by atoms with Crippen LogP contribution in [-0.2, 0) is 11.8 Å². The van der Waals surface area contributed by atoms with E-state index in [4.69, 9.17) is 9.72 Å². The molecule has 4 amide bonds. The Morgan fingerprint density at radius 2 is 1.86 bits per heavy atom. The number of aliphatic hydroxyl groups is 1. The third-order valence-electron chi connectivity index (χ3n) is 12.5. The van der Waals surface area contributed by atoms with Gasteiger partial charge >= 0.3 is 6.03 Å². The Morgan fingerprint density at radius 1 is 1.07 bits per heavy atom. The molecule has 16 heteroatoms. The molecule has 5 aromatic rings. The van der Waals surface area contributed by atoms with E-state index in [0.717, 1.165) is 67.4 Å². The second kappa shape index (κ2) is 15.5. The monoisotopic (exact) mass is 807 g/mol. The number of piperidine rings is 1. The number of halogens is 1. The summed E-state index contributed by atoms with van der Waals surface area (Å²) in [5.41, 5.74) is 3.47. The lowest BCUT2D eigenvalue weighted by molar-refractivity contribution is -0.120. The summed E-state index contributed by atoms with van der Waals surface area (Å²) in [6.45, 7) is 6.47. The van der Waals surface area contributed by atoms with Gasteiger partial charge < -0.3 is 29.0 Å². The number of benzene rings is 1. The molecule has 0 unspecified atom stereocenters. The van der Waals surface area contributed by atoms with Crippen molar-refractivity contribution in [3.63, 3.8) is 0 Å². The van der Waals surface area contributed by atoms with Gasteiger partial charge in [-0.3, -0.25) is 29.3 Å². The van der Waals surface area contributed by atoms with Gasteiger partial charge in [-0.1, -0.05) is 6.07 Å². The maximum absolute atomic E-state index is 13.7. The molecule has 310 valence electrons. The molecule has 4 fully saturated rings. The van der Waals surface area contributed by atoms with Crippen LogP contribution >= 0.6 is 0 Å². The number of pyridine rings is 2. The van der Waals surface area contributed by atoms with Crippen molar-refractivity contribution < 1.29 is 28.6 Å². The van der Waals surface area contributed by atoms with Crippen molar-refractivity contribution in [3.8, 4) is 5.75 Å². The fourth-order valence-electron chi connectivity index (χ4n) is 9.26. The molecule has 2 saturated heterocycles. The number of likely N-dealkylation sites (tertiary alicyclic amines) is 1. The summed E-state index contributed by atoms with van der Waals surface area (Å²) in [5.74, 6) is 0.881. The molecular formula is C43H50FN9O6. The molecule has 15 nitrogen and oxygen atoms in total. The number of imidazole rings is 1. The molecule has 1 aromatic carbocycles. The number of aromatic nitrogens is 5. The molecule has 9 rings (SSSR count). The SMILES string of the molecule is CC(C)Oc1cc2nc([C@H]3CC[C@H](CN4CC[C@H](c5ccc6c(N7CCC(=O)NC7=O)nn(C)c6c5)[C@H](O)C4)CC3)cn2cc1C(=O)Nc1cccn([C@H]2C[C@H]2F)c1=O. The number of imide groups is 1. The average Bonchev–Trinajstić information content (AvgIpc) is 3.63. The minimum absolute atomic E-state index is 0.0130. The Bertz CT molecular complexity index is 2500. The number of aliphatic hydroxyl groups excluding tert-OH is 1. The number of hydrogen-bond acceptors (Lipinski definition) is 9. The van der Waals surface area contributed by atoms with E-state index in [9.17, 15) is 28.7 Å². The van der Waals surface area contributed by atoms with Crippen molar-refractivity contribution in [2.45, 2.75) is 95.1 Å². The quantitative estimate of drug-likeness (QED) is 0.170. The number of amides is 4. The van der Waals surface area contributed by atoms with Gasteiger partial charge in [0.05, 0.1) is 35.0 Å². The van der Waals surface area contributed by atoms with E-state index in [1.807, 2.05) is 43.6 Å².